The molecule has 110 valence electrons. The molecule has 6 heteroatoms. The Kier molecular flexibility index (Phi) is 4.75. The first kappa shape index (κ1) is 15.7. The van der Waals surface area contributed by atoms with Crippen molar-refractivity contribution in [3.63, 3.8) is 0 Å². The van der Waals surface area contributed by atoms with Crippen LogP contribution in [0, 0.1) is 0 Å². The lowest BCUT2D eigenvalue weighted by molar-refractivity contribution is 0.103. The molecule has 2 N–H and O–H groups in total. The molecule has 2 rings (SSSR count). The zero-order chi connectivity index (χ0) is 15.6. The third kappa shape index (κ3) is 2.99. The fraction of sp³-hybridized carbons (Fsp3) is 0.133. The number of rotatable bonds is 4. The highest BCUT2D eigenvalue weighted by Gasteiger charge is 2.20. The summed E-state index contributed by atoms with van der Waals surface area (Å²) in [7, 11) is 3.03. The maximum atomic E-state index is 12.6. The Morgan fingerprint density at radius 2 is 1.90 bits per heavy atom. The Hall–Kier alpha value is -1.72. The van der Waals surface area contributed by atoms with Gasteiger partial charge in [-0.1, -0.05) is 11.6 Å². The lowest BCUT2D eigenvalue weighted by Gasteiger charge is -2.13. The second-order valence-electron chi connectivity index (χ2n) is 4.23. The van der Waals surface area contributed by atoms with Gasteiger partial charge in [0.15, 0.2) is 5.78 Å². The Morgan fingerprint density at radius 1 is 1.19 bits per heavy atom. The van der Waals surface area contributed by atoms with Gasteiger partial charge in [-0.2, -0.15) is 0 Å². The van der Waals surface area contributed by atoms with Gasteiger partial charge in [-0.3, -0.25) is 4.79 Å². The number of benzene rings is 2. The van der Waals surface area contributed by atoms with E-state index < -0.39 is 0 Å². The average Bonchev–Trinajstić information content (AvgIpc) is 2.49. The van der Waals surface area contributed by atoms with E-state index in [1.54, 1.807) is 31.4 Å². The molecule has 0 fully saturated rings. The SMILES string of the molecule is COc1ccc(C(=O)c2ccc(N)c(Cl)c2)c(OC)c1Br. The van der Waals surface area contributed by atoms with E-state index in [9.17, 15) is 4.79 Å². The largest absolute Gasteiger partial charge is 0.495 e. The molecule has 0 atom stereocenters. The minimum absolute atomic E-state index is 0.211. The van der Waals surface area contributed by atoms with E-state index in [2.05, 4.69) is 15.9 Å². The summed E-state index contributed by atoms with van der Waals surface area (Å²) >= 11 is 9.33. The molecule has 0 amide bonds. The number of anilines is 1. The van der Waals surface area contributed by atoms with Crippen LogP contribution in [0.5, 0.6) is 11.5 Å². The quantitative estimate of drug-likeness (QED) is 0.654. The first-order chi connectivity index (χ1) is 9.99. The van der Waals surface area contributed by atoms with Crippen LogP contribution in [0.1, 0.15) is 15.9 Å². The van der Waals surface area contributed by atoms with Crippen LogP contribution in [0.25, 0.3) is 0 Å². The fourth-order valence-corrected chi connectivity index (χ4v) is 2.75. The molecule has 0 bridgehead atoms. The summed E-state index contributed by atoms with van der Waals surface area (Å²) in [5, 5.41) is 0.340. The van der Waals surface area contributed by atoms with Crippen LogP contribution >= 0.6 is 27.5 Å². The average molecular weight is 371 g/mol. The zero-order valence-corrected chi connectivity index (χ0v) is 13.8. The van der Waals surface area contributed by atoms with Crippen LogP contribution in [-0.2, 0) is 0 Å². The van der Waals surface area contributed by atoms with Crippen LogP contribution in [-0.4, -0.2) is 20.0 Å². The summed E-state index contributed by atoms with van der Waals surface area (Å²) in [4.78, 5) is 12.6. The van der Waals surface area contributed by atoms with Gasteiger partial charge in [-0.25, -0.2) is 0 Å². The highest BCUT2D eigenvalue weighted by atomic mass is 79.9. The maximum Gasteiger partial charge on any atom is 0.196 e. The first-order valence-corrected chi connectivity index (χ1v) is 7.17. The lowest BCUT2D eigenvalue weighted by atomic mass is 10.0. The van der Waals surface area contributed by atoms with Gasteiger partial charge in [0, 0.05) is 5.56 Å². The number of methoxy groups -OCH3 is 2. The van der Waals surface area contributed by atoms with Crippen LogP contribution in [0.15, 0.2) is 34.8 Å². The molecule has 0 aliphatic rings. The molecular weight excluding hydrogens is 358 g/mol. The number of ether oxygens (including phenoxy) is 2. The lowest BCUT2D eigenvalue weighted by Crippen LogP contribution is -2.05. The molecule has 0 aliphatic heterocycles. The number of nitrogens with two attached hydrogens (primary N) is 1. The van der Waals surface area contributed by atoms with Gasteiger partial charge in [0.05, 0.1) is 30.5 Å². The van der Waals surface area contributed by atoms with Gasteiger partial charge in [0.25, 0.3) is 0 Å². The van der Waals surface area contributed by atoms with E-state index in [0.29, 0.717) is 37.8 Å². The number of hydrogen-bond donors (Lipinski definition) is 1. The standard InChI is InChI=1S/C15H13BrClNO3/c1-20-12-6-4-9(15(21-2)13(12)16)14(19)8-3-5-11(18)10(17)7-8/h3-7H,18H2,1-2H3. The minimum Gasteiger partial charge on any atom is -0.495 e. The first-order valence-electron chi connectivity index (χ1n) is 5.99. The number of carbonyl (C=O) groups is 1. The summed E-state index contributed by atoms with van der Waals surface area (Å²) in [5.74, 6) is 0.781. The molecule has 0 aliphatic carbocycles. The number of ketones is 1. The summed E-state index contributed by atoms with van der Waals surface area (Å²) in [5.41, 5.74) is 6.92. The monoisotopic (exact) mass is 369 g/mol. The van der Waals surface area contributed by atoms with E-state index >= 15 is 0 Å². The predicted molar refractivity (Wildman–Crippen MR) is 86.5 cm³/mol. The van der Waals surface area contributed by atoms with Crippen LogP contribution in [0.4, 0.5) is 5.69 Å². The van der Waals surface area contributed by atoms with Crippen molar-refractivity contribution in [2.24, 2.45) is 0 Å². The number of nitrogen functional groups attached to an aromatic ring is 1. The third-order valence-corrected chi connectivity index (χ3v) is 4.07. The Labute approximate surface area is 135 Å². The Balaban J connectivity index is 2.52. The van der Waals surface area contributed by atoms with E-state index in [-0.39, 0.29) is 5.78 Å². The number of hydrogen-bond acceptors (Lipinski definition) is 4. The van der Waals surface area contributed by atoms with Crippen molar-refractivity contribution in [3.05, 3.63) is 51.0 Å². The molecule has 0 unspecified atom stereocenters. The summed E-state index contributed by atoms with van der Waals surface area (Å²) in [6.45, 7) is 0. The second kappa shape index (κ2) is 6.37. The molecule has 2 aromatic carbocycles. The van der Waals surface area contributed by atoms with Gasteiger partial charge >= 0.3 is 0 Å². The van der Waals surface area contributed by atoms with E-state index in [0.717, 1.165) is 0 Å². The molecule has 0 aromatic heterocycles. The molecular formula is C15H13BrClNO3. The third-order valence-electron chi connectivity index (χ3n) is 2.99. The second-order valence-corrected chi connectivity index (χ2v) is 5.43. The van der Waals surface area contributed by atoms with Crippen molar-refractivity contribution in [1.29, 1.82) is 0 Å². The van der Waals surface area contributed by atoms with E-state index in [1.165, 1.54) is 13.2 Å². The molecule has 0 saturated carbocycles. The minimum atomic E-state index is -0.211. The van der Waals surface area contributed by atoms with Crippen molar-refractivity contribution in [1.82, 2.24) is 0 Å². The molecule has 2 aromatic rings. The smallest absolute Gasteiger partial charge is 0.196 e. The normalized spacial score (nSPS) is 10.3. The van der Waals surface area contributed by atoms with Gasteiger partial charge in [-0.15, -0.1) is 0 Å². The summed E-state index contributed by atoms with van der Waals surface area (Å²) < 4.78 is 11.1. The summed E-state index contributed by atoms with van der Waals surface area (Å²) in [6.07, 6.45) is 0. The van der Waals surface area contributed by atoms with Crippen molar-refractivity contribution in [2.75, 3.05) is 20.0 Å². The predicted octanol–water partition coefficient (Wildman–Crippen LogP) is 3.93. The Morgan fingerprint density at radius 3 is 2.48 bits per heavy atom. The van der Waals surface area contributed by atoms with E-state index in [4.69, 9.17) is 26.8 Å². The van der Waals surface area contributed by atoms with Crippen molar-refractivity contribution >= 4 is 39.0 Å². The van der Waals surface area contributed by atoms with E-state index in [1.807, 2.05) is 0 Å². The molecule has 21 heavy (non-hydrogen) atoms. The molecule has 0 saturated heterocycles. The number of carbonyl (C=O) groups excluding carboxylic acids is 1. The van der Waals surface area contributed by atoms with Gasteiger partial charge in [0.1, 0.15) is 16.0 Å². The van der Waals surface area contributed by atoms with Gasteiger partial charge < -0.3 is 15.2 Å². The molecule has 4 nitrogen and oxygen atoms in total. The van der Waals surface area contributed by atoms with Crippen LogP contribution in [0.2, 0.25) is 5.02 Å². The van der Waals surface area contributed by atoms with Gasteiger partial charge in [0.2, 0.25) is 0 Å². The zero-order valence-electron chi connectivity index (χ0n) is 11.4. The van der Waals surface area contributed by atoms with Crippen molar-refractivity contribution < 1.29 is 14.3 Å². The topological polar surface area (TPSA) is 61.5 Å². The fourth-order valence-electron chi connectivity index (χ4n) is 1.90. The highest BCUT2D eigenvalue weighted by molar-refractivity contribution is 9.10. The molecule has 0 radical (unpaired) electrons. The number of halogens is 2. The highest BCUT2D eigenvalue weighted by Crippen LogP contribution is 2.38. The molecule has 0 spiro atoms. The van der Waals surface area contributed by atoms with Crippen LogP contribution < -0.4 is 15.2 Å². The van der Waals surface area contributed by atoms with Crippen molar-refractivity contribution in [2.45, 2.75) is 0 Å². The van der Waals surface area contributed by atoms with Crippen LogP contribution in [0.3, 0.4) is 0 Å². The van der Waals surface area contributed by atoms with Gasteiger partial charge in [-0.05, 0) is 46.3 Å². The molecule has 0 heterocycles. The summed E-state index contributed by atoms with van der Waals surface area (Å²) in [6, 6.07) is 8.10. The maximum absolute atomic E-state index is 12.6. The van der Waals surface area contributed by atoms with Crippen molar-refractivity contribution in [3.8, 4) is 11.5 Å². The Bertz CT molecular complexity index is 704.